The highest BCUT2D eigenvalue weighted by Crippen LogP contribution is 2.23. The number of β-amino-alcohol motifs (C(OH)–C–C–N with tert-alkyl or cyclic N) is 1. The van der Waals surface area contributed by atoms with Gasteiger partial charge in [-0.1, -0.05) is 0 Å². The van der Waals surface area contributed by atoms with Crippen LogP contribution in [0.3, 0.4) is 0 Å². The molecule has 0 radical (unpaired) electrons. The summed E-state index contributed by atoms with van der Waals surface area (Å²) in [5.74, 6) is 1.74. The van der Waals surface area contributed by atoms with E-state index >= 15 is 0 Å². The maximum absolute atomic E-state index is 9.50. The molecule has 1 fully saturated rings. The first-order valence-electron chi connectivity index (χ1n) is 7.38. The first-order valence-corrected chi connectivity index (χ1v) is 7.38. The van der Waals surface area contributed by atoms with Gasteiger partial charge in [0.15, 0.2) is 0 Å². The monoisotopic (exact) mass is 290 g/mol. The zero-order valence-electron chi connectivity index (χ0n) is 12.8. The number of piperazine rings is 1. The van der Waals surface area contributed by atoms with E-state index in [0.29, 0.717) is 5.78 Å². The molecule has 1 N–H and O–H groups in total. The van der Waals surface area contributed by atoms with E-state index in [-0.39, 0.29) is 6.10 Å². The van der Waals surface area contributed by atoms with Crippen LogP contribution < -0.4 is 4.90 Å². The number of aryl methyl sites for hydroxylation is 1. The van der Waals surface area contributed by atoms with Crippen molar-refractivity contribution in [2.45, 2.75) is 26.9 Å². The van der Waals surface area contributed by atoms with Crippen LogP contribution in [0.1, 0.15) is 18.2 Å². The van der Waals surface area contributed by atoms with E-state index in [0.717, 1.165) is 49.8 Å². The smallest absolute Gasteiger partial charge is 0.254 e. The number of nitrogens with zero attached hydrogens (tertiary/aromatic N) is 6. The van der Waals surface area contributed by atoms with Gasteiger partial charge >= 0.3 is 0 Å². The van der Waals surface area contributed by atoms with Gasteiger partial charge in [0.05, 0.1) is 6.10 Å². The molecule has 3 heterocycles. The normalized spacial score (nSPS) is 18.4. The number of fused-ring (bicyclic) bond motifs is 1. The molecule has 0 aliphatic carbocycles. The van der Waals surface area contributed by atoms with Crippen LogP contribution in [0, 0.1) is 13.8 Å². The Balaban J connectivity index is 1.85. The van der Waals surface area contributed by atoms with Gasteiger partial charge in [0.25, 0.3) is 5.78 Å². The van der Waals surface area contributed by atoms with Crippen molar-refractivity contribution < 1.29 is 5.11 Å². The molecule has 7 nitrogen and oxygen atoms in total. The van der Waals surface area contributed by atoms with Crippen LogP contribution in [0.15, 0.2) is 6.33 Å². The van der Waals surface area contributed by atoms with Gasteiger partial charge in [0.1, 0.15) is 12.1 Å². The molecule has 0 unspecified atom stereocenters. The number of hydrogen-bond acceptors (Lipinski definition) is 6. The minimum absolute atomic E-state index is 0.275. The molecule has 3 rings (SSSR count). The highest BCUT2D eigenvalue weighted by molar-refractivity contribution is 5.54. The third-order valence-electron chi connectivity index (χ3n) is 4.07. The molecule has 0 aromatic carbocycles. The predicted octanol–water partition coefficient (Wildman–Crippen LogP) is 0.244. The van der Waals surface area contributed by atoms with E-state index in [9.17, 15) is 5.11 Å². The Bertz CT molecular complexity index is 630. The average Bonchev–Trinajstić information content (AvgIpc) is 2.88. The summed E-state index contributed by atoms with van der Waals surface area (Å²) >= 11 is 0. The van der Waals surface area contributed by atoms with E-state index in [2.05, 4.69) is 31.8 Å². The molecule has 0 bridgehead atoms. The summed E-state index contributed by atoms with van der Waals surface area (Å²) in [5, 5.41) is 13.8. The molecule has 1 saturated heterocycles. The van der Waals surface area contributed by atoms with Crippen LogP contribution in [0.25, 0.3) is 5.78 Å². The van der Waals surface area contributed by atoms with Gasteiger partial charge in [0.2, 0.25) is 0 Å². The molecular weight excluding hydrogens is 268 g/mol. The van der Waals surface area contributed by atoms with Gasteiger partial charge in [-0.3, -0.25) is 4.90 Å². The average molecular weight is 290 g/mol. The Morgan fingerprint density at radius 3 is 2.62 bits per heavy atom. The van der Waals surface area contributed by atoms with Crippen LogP contribution in [-0.4, -0.2) is 68.4 Å². The van der Waals surface area contributed by atoms with Gasteiger partial charge in [-0.25, -0.2) is 4.98 Å². The molecule has 0 spiro atoms. The van der Waals surface area contributed by atoms with Gasteiger partial charge in [-0.2, -0.15) is 14.6 Å². The highest BCUT2D eigenvalue weighted by Gasteiger charge is 2.23. The van der Waals surface area contributed by atoms with Crippen LogP contribution in [0.2, 0.25) is 0 Å². The quantitative estimate of drug-likeness (QED) is 0.873. The van der Waals surface area contributed by atoms with E-state index < -0.39 is 0 Å². The van der Waals surface area contributed by atoms with Crippen molar-refractivity contribution in [3.05, 3.63) is 17.6 Å². The lowest BCUT2D eigenvalue weighted by Crippen LogP contribution is -2.49. The second-order valence-electron chi connectivity index (χ2n) is 5.75. The Morgan fingerprint density at radius 1 is 1.24 bits per heavy atom. The summed E-state index contributed by atoms with van der Waals surface area (Å²) in [6, 6.07) is 0. The second kappa shape index (κ2) is 5.57. The minimum atomic E-state index is -0.275. The molecule has 114 valence electrons. The Kier molecular flexibility index (Phi) is 3.77. The van der Waals surface area contributed by atoms with E-state index in [1.807, 2.05) is 18.4 Å². The first kappa shape index (κ1) is 14.2. The van der Waals surface area contributed by atoms with Gasteiger partial charge in [-0.15, -0.1) is 0 Å². The Morgan fingerprint density at radius 2 is 1.95 bits per heavy atom. The molecule has 2 aromatic rings. The molecular formula is C14H22N6O. The lowest BCUT2D eigenvalue weighted by Gasteiger charge is -2.37. The number of hydrogen-bond donors (Lipinski definition) is 1. The Labute approximate surface area is 124 Å². The summed E-state index contributed by atoms with van der Waals surface area (Å²) in [7, 11) is 0. The zero-order chi connectivity index (χ0) is 15.0. The fourth-order valence-electron chi connectivity index (χ4n) is 2.90. The molecule has 2 aromatic heterocycles. The van der Waals surface area contributed by atoms with Crippen LogP contribution >= 0.6 is 0 Å². The lowest BCUT2D eigenvalue weighted by molar-refractivity contribution is 0.122. The molecule has 1 aliphatic rings. The summed E-state index contributed by atoms with van der Waals surface area (Å²) < 4.78 is 1.83. The van der Waals surface area contributed by atoms with Crippen molar-refractivity contribution >= 4 is 11.6 Å². The van der Waals surface area contributed by atoms with Gasteiger partial charge in [-0.05, 0) is 20.8 Å². The SMILES string of the molecule is Cc1nc2ncnn2c(N2CCN(C[C@@H](C)O)CC2)c1C. The fourth-order valence-corrected chi connectivity index (χ4v) is 2.90. The number of aliphatic hydroxyl groups is 1. The van der Waals surface area contributed by atoms with Crippen molar-refractivity contribution in [1.29, 1.82) is 0 Å². The minimum Gasteiger partial charge on any atom is -0.392 e. The summed E-state index contributed by atoms with van der Waals surface area (Å²) in [6.07, 6.45) is 1.28. The molecule has 1 aliphatic heterocycles. The number of aromatic nitrogens is 4. The number of anilines is 1. The van der Waals surface area contributed by atoms with Gasteiger partial charge < -0.3 is 10.0 Å². The Hall–Kier alpha value is -1.73. The van der Waals surface area contributed by atoms with Crippen molar-refractivity contribution in [3.63, 3.8) is 0 Å². The van der Waals surface area contributed by atoms with Crippen molar-refractivity contribution in [3.8, 4) is 0 Å². The first-order chi connectivity index (χ1) is 10.1. The summed E-state index contributed by atoms with van der Waals surface area (Å²) in [5.41, 5.74) is 2.15. The number of aliphatic hydroxyl groups excluding tert-OH is 1. The lowest BCUT2D eigenvalue weighted by atomic mass is 10.2. The van der Waals surface area contributed by atoms with Gasteiger partial charge in [0, 0.05) is 44.0 Å². The van der Waals surface area contributed by atoms with Crippen LogP contribution in [-0.2, 0) is 0 Å². The second-order valence-corrected chi connectivity index (χ2v) is 5.75. The zero-order valence-corrected chi connectivity index (χ0v) is 12.8. The summed E-state index contributed by atoms with van der Waals surface area (Å²) in [4.78, 5) is 13.3. The largest absolute Gasteiger partial charge is 0.392 e. The van der Waals surface area contributed by atoms with Crippen molar-refractivity contribution in [2.24, 2.45) is 0 Å². The van der Waals surface area contributed by atoms with E-state index in [1.54, 1.807) is 6.33 Å². The topological polar surface area (TPSA) is 69.8 Å². The highest BCUT2D eigenvalue weighted by atomic mass is 16.3. The number of rotatable bonds is 3. The predicted molar refractivity (Wildman–Crippen MR) is 80.6 cm³/mol. The maximum atomic E-state index is 9.50. The molecule has 21 heavy (non-hydrogen) atoms. The van der Waals surface area contributed by atoms with E-state index in [4.69, 9.17) is 0 Å². The molecule has 7 heteroatoms. The van der Waals surface area contributed by atoms with Crippen LogP contribution in [0.4, 0.5) is 5.82 Å². The summed E-state index contributed by atoms with van der Waals surface area (Å²) in [6.45, 7) is 10.4. The van der Waals surface area contributed by atoms with Crippen LogP contribution in [0.5, 0.6) is 0 Å². The maximum Gasteiger partial charge on any atom is 0.254 e. The molecule has 0 amide bonds. The van der Waals surface area contributed by atoms with Crippen molar-refractivity contribution in [2.75, 3.05) is 37.6 Å². The standard InChI is InChI=1S/C14H22N6O/c1-10(21)8-18-4-6-19(7-5-18)13-11(2)12(3)17-14-15-9-16-20(13)14/h9-10,21H,4-8H2,1-3H3/t10-/m1/s1. The fraction of sp³-hybridized carbons (Fsp3) is 0.643. The molecule has 0 saturated carbocycles. The third kappa shape index (κ3) is 2.71. The third-order valence-corrected chi connectivity index (χ3v) is 4.07. The van der Waals surface area contributed by atoms with Crippen molar-refractivity contribution in [1.82, 2.24) is 24.5 Å². The molecule has 1 atom stereocenters. The van der Waals surface area contributed by atoms with E-state index in [1.165, 1.54) is 0 Å².